The van der Waals surface area contributed by atoms with Gasteiger partial charge < -0.3 is 15.0 Å². The highest BCUT2D eigenvalue weighted by Crippen LogP contribution is 2.30. The quantitative estimate of drug-likeness (QED) is 0.298. The summed E-state index contributed by atoms with van der Waals surface area (Å²) in [6, 6.07) is 15.8. The van der Waals surface area contributed by atoms with Gasteiger partial charge in [0, 0.05) is 48.7 Å². The van der Waals surface area contributed by atoms with Crippen LogP contribution in [0.3, 0.4) is 0 Å². The first-order valence-electron chi connectivity index (χ1n) is 13.2. The smallest absolute Gasteiger partial charge is 0.252 e. The van der Waals surface area contributed by atoms with E-state index in [1.165, 1.54) is 0 Å². The third-order valence-electron chi connectivity index (χ3n) is 6.58. The molecular weight excluding hydrogens is 476 g/mol. The molecule has 200 valence electrons. The van der Waals surface area contributed by atoms with Crippen molar-refractivity contribution in [2.45, 2.75) is 46.8 Å². The van der Waals surface area contributed by atoms with E-state index in [0.717, 1.165) is 53.3 Å². The van der Waals surface area contributed by atoms with Gasteiger partial charge in [-0.3, -0.25) is 14.2 Å². The van der Waals surface area contributed by atoms with Crippen LogP contribution in [0.15, 0.2) is 60.9 Å². The summed E-state index contributed by atoms with van der Waals surface area (Å²) in [5, 5.41) is 12.6. The number of rotatable bonds is 11. The Kier molecular flexibility index (Phi) is 8.63. The molecule has 0 radical (unpaired) electrons. The van der Waals surface area contributed by atoms with Crippen LogP contribution in [0.5, 0.6) is 5.75 Å². The first-order valence-corrected chi connectivity index (χ1v) is 13.2. The van der Waals surface area contributed by atoms with Crippen LogP contribution in [0.1, 0.15) is 48.3 Å². The fourth-order valence-electron chi connectivity index (χ4n) is 4.22. The molecule has 1 N–H and O–H groups in total. The number of benzene rings is 2. The Morgan fingerprint density at radius 1 is 0.947 bits per heavy atom. The van der Waals surface area contributed by atoms with Gasteiger partial charge in [0.2, 0.25) is 0 Å². The van der Waals surface area contributed by atoms with Crippen molar-refractivity contribution < 1.29 is 9.53 Å². The summed E-state index contributed by atoms with van der Waals surface area (Å²) < 4.78 is 9.69. The number of hydrogen-bond acceptors (Lipinski definition) is 5. The lowest BCUT2D eigenvalue weighted by Crippen LogP contribution is -2.27. The first-order chi connectivity index (χ1) is 18.3. The minimum Gasteiger partial charge on any atom is -0.492 e. The topological polar surface area (TPSA) is 77.2 Å². The molecule has 2 heterocycles. The van der Waals surface area contributed by atoms with Crippen molar-refractivity contribution in [3.63, 3.8) is 0 Å². The molecular formula is C30H38N6O2. The predicted octanol–water partition coefficient (Wildman–Crippen LogP) is 5.19. The minimum absolute atomic E-state index is 0.134. The number of hydrogen-bond donors (Lipinski definition) is 1. The maximum Gasteiger partial charge on any atom is 0.252 e. The zero-order chi connectivity index (χ0) is 27.2. The molecule has 0 saturated carbocycles. The fourth-order valence-corrected chi connectivity index (χ4v) is 4.22. The maximum atomic E-state index is 13.4. The molecule has 8 heteroatoms. The van der Waals surface area contributed by atoms with Crippen molar-refractivity contribution >= 4 is 5.91 Å². The summed E-state index contributed by atoms with van der Waals surface area (Å²) in [6.45, 7) is 11.0. The number of nitrogens with zero attached hydrogens (tertiary/aromatic N) is 5. The molecule has 2 aromatic heterocycles. The van der Waals surface area contributed by atoms with Gasteiger partial charge in [0.05, 0.1) is 17.4 Å². The zero-order valence-electron chi connectivity index (χ0n) is 23.2. The molecule has 0 unspecified atom stereocenters. The van der Waals surface area contributed by atoms with Gasteiger partial charge in [0.15, 0.2) is 0 Å². The summed E-state index contributed by atoms with van der Waals surface area (Å²) in [7, 11) is 4.01. The monoisotopic (exact) mass is 514 g/mol. The van der Waals surface area contributed by atoms with E-state index in [-0.39, 0.29) is 11.9 Å². The second-order valence-electron chi connectivity index (χ2n) is 9.78. The summed E-state index contributed by atoms with van der Waals surface area (Å²) in [4.78, 5) is 15.4. The summed E-state index contributed by atoms with van der Waals surface area (Å²) in [5.74, 6) is 0.558. The lowest BCUT2D eigenvalue weighted by Gasteiger charge is -2.18. The van der Waals surface area contributed by atoms with Crippen LogP contribution in [0.4, 0.5) is 0 Å². The Morgan fingerprint density at radius 3 is 2.08 bits per heavy atom. The molecule has 8 nitrogen and oxygen atoms in total. The van der Waals surface area contributed by atoms with E-state index in [0.29, 0.717) is 17.9 Å². The van der Waals surface area contributed by atoms with E-state index in [1.807, 2.05) is 80.0 Å². The van der Waals surface area contributed by atoms with Crippen molar-refractivity contribution in [1.82, 2.24) is 29.8 Å². The van der Waals surface area contributed by atoms with E-state index in [4.69, 9.17) is 14.9 Å². The van der Waals surface area contributed by atoms with Gasteiger partial charge in [-0.15, -0.1) is 0 Å². The molecule has 0 bridgehead atoms. The maximum absolute atomic E-state index is 13.4. The van der Waals surface area contributed by atoms with Gasteiger partial charge in [0.1, 0.15) is 12.4 Å². The Labute approximate surface area is 225 Å². The molecule has 1 atom stereocenters. The third-order valence-corrected chi connectivity index (χ3v) is 6.58. The van der Waals surface area contributed by atoms with Crippen molar-refractivity contribution in [2.75, 3.05) is 27.2 Å². The SMILES string of the molecule is CCn1ccc(-c2cc(-c3ccn(CC)n3)cc([C@@H](C)NC(=O)c3cc(OCCN(C)C)ccc3C)c2)n1. The number of aromatic nitrogens is 4. The van der Waals surface area contributed by atoms with E-state index in [1.54, 1.807) is 0 Å². The van der Waals surface area contributed by atoms with Gasteiger partial charge >= 0.3 is 0 Å². The molecule has 0 fully saturated rings. The third kappa shape index (κ3) is 6.50. The lowest BCUT2D eigenvalue weighted by molar-refractivity contribution is 0.0938. The molecule has 2 aromatic carbocycles. The molecule has 4 aromatic rings. The Balaban J connectivity index is 1.61. The highest BCUT2D eigenvalue weighted by Gasteiger charge is 2.17. The molecule has 0 aliphatic carbocycles. The first kappa shape index (κ1) is 27.1. The number of ether oxygens (including phenoxy) is 1. The lowest BCUT2D eigenvalue weighted by atomic mass is 9.97. The van der Waals surface area contributed by atoms with Gasteiger partial charge in [0.25, 0.3) is 5.91 Å². The number of nitrogens with one attached hydrogen (secondary N) is 1. The van der Waals surface area contributed by atoms with Crippen LogP contribution in [-0.2, 0) is 13.1 Å². The number of carbonyl (C=O) groups excluding carboxylic acids is 1. The number of amides is 1. The Bertz CT molecular complexity index is 1330. The van der Waals surface area contributed by atoms with Crippen molar-refractivity contribution in [1.29, 1.82) is 0 Å². The zero-order valence-corrected chi connectivity index (χ0v) is 23.2. The van der Waals surface area contributed by atoms with Gasteiger partial charge in [-0.05, 0) is 95.4 Å². The van der Waals surface area contributed by atoms with Crippen molar-refractivity contribution in [2.24, 2.45) is 0 Å². The Hall–Kier alpha value is -3.91. The van der Waals surface area contributed by atoms with Crippen LogP contribution in [0.2, 0.25) is 0 Å². The van der Waals surface area contributed by atoms with E-state index in [9.17, 15) is 4.79 Å². The number of likely N-dealkylation sites (N-methyl/N-ethyl adjacent to an activating group) is 1. The highest BCUT2D eigenvalue weighted by atomic mass is 16.5. The van der Waals surface area contributed by atoms with E-state index >= 15 is 0 Å². The predicted molar refractivity (Wildman–Crippen MR) is 151 cm³/mol. The van der Waals surface area contributed by atoms with Crippen molar-refractivity contribution in [3.05, 3.63) is 77.6 Å². The highest BCUT2D eigenvalue weighted by molar-refractivity contribution is 5.96. The van der Waals surface area contributed by atoms with Crippen LogP contribution in [-0.4, -0.2) is 57.6 Å². The Morgan fingerprint density at radius 2 is 1.55 bits per heavy atom. The van der Waals surface area contributed by atoms with Crippen LogP contribution in [0, 0.1) is 6.92 Å². The number of aryl methyl sites for hydroxylation is 3. The molecule has 0 aliphatic rings. The standard InChI is InChI=1S/C30H38N6O2/c1-7-35-13-11-28(32-35)24-17-23(18-25(19-24)29-12-14-36(8-2)33-29)22(4)31-30(37)27-20-26(10-9-21(27)3)38-16-15-34(5)6/h9-14,17-20,22H,7-8,15-16H2,1-6H3,(H,31,37)/t22-/m1/s1. The summed E-state index contributed by atoms with van der Waals surface area (Å²) in [6.07, 6.45) is 3.96. The minimum atomic E-state index is -0.236. The fraction of sp³-hybridized carbons (Fsp3) is 0.367. The van der Waals surface area contributed by atoms with Gasteiger partial charge in [-0.1, -0.05) is 6.07 Å². The molecule has 4 rings (SSSR count). The van der Waals surface area contributed by atoms with E-state index < -0.39 is 0 Å². The average molecular weight is 515 g/mol. The molecule has 0 spiro atoms. The van der Waals surface area contributed by atoms with Crippen LogP contribution < -0.4 is 10.1 Å². The molecule has 0 saturated heterocycles. The molecule has 38 heavy (non-hydrogen) atoms. The van der Waals surface area contributed by atoms with Crippen molar-refractivity contribution in [3.8, 4) is 28.3 Å². The van der Waals surface area contributed by atoms with Gasteiger partial charge in [-0.25, -0.2) is 0 Å². The summed E-state index contributed by atoms with van der Waals surface area (Å²) >= 11 is 0. The van der Waals surface area contributed by atoms with Gasteiger partial charge in [-0.2, -0.15) is 10.2 Å². The normalized spacial score (nSPS) is 12.1. The largest absolute Gasteiger partial charge is 0.492 e. The van der Waals surface area contributed by atoms with Crippen LogP contribution >= 0.6 is 0 Å². The average Bonchev–Trinajstić information content (AvgIpc) is 3.59. The van der Waals surface area contributed by atoms with Crippen LogP contribution in [0.25, 0.3) is 22.5 Å². The number of carbonyl (C=O) groups is 1. The molecule has 0 aliphatic heterocycles. The second-order valence-corrected chi connectivity index (χ2v) is 9.78. The second kappa shape index (κ2) is 12.1. The molecule has 1 amide bonds. The van der Waals surface area contributed by atoms with E-state index in [2.05, 4.69) is 42.3 Å². The summed E-state index contributed by atoms with van der Waals surface area (Å²) in [5.41, 5.74) is 6.26.